The average Bonchev–Trinajstić information content (AvgIpc) is 2.72. The number of hydrogen-bond donors (Lipinski definition) is 0. The van der Waals surface area contributed by atoms with Gasteiger partial charge in [-0.25, -0.2) is 4.98 Å². The highest BCUT2D eigenvalue weighted by Crippen LogP contribution is 2.25. The van der Waals surface area contributed by atoms with Crippen molar-refractivity contribution >= 4 is 34.4 Å². The predicted octanol–water partition coefficient (Wildman–Crippen LogP) is 3.26. The van der Waals surface area contributed by atoms with Crippen LogP contribution in [0, 0.1) is 6.92 Å². The van der Waals surface area contributed by atoms with Gasteiger partial charge in [0.2, 0.25) is 0 Å². The Morgan fingerprint density at radius 2 is 2.18 bits per heavy atom. The summed E-state index contributed by atoms with van der Waals surface area (Å²) in [6.07, 6.45) is 2.39. The van der Waals surface area contributed by atoms with E-state index < -0.39 is 0 Å². The van der Waals surface area contributed by atoms with Crippen LogP contribution in [0.4, 0.5) is 0 Å². The molecule has 0 saturated heterocycles. The number of halogens is 1. The van der Waals surface area contributed by atoms with Crippen LogP contribution < -0.4 is 0 Å². The maximum atomic E-state index is 11.0. The highest BCUT2D eigenvalue weighted by molar-refractivity contribution is 6.31. The van der Waals surface area contributed by atoms with Gasteiger partial charge in [0.15, 0.2) is 6.29 Å². The normalized spacial score (nSPS) is 11.2. The van der Waals surface area contributed by atoms with E-state index in [1.807, 2.05) is 35.6 Å². The first kappa shape index (κ1) is 10.3. The van der Waals surface area contributed by atoms with Crippen LogP contribution in [0.15, 0.2) is 30.5 Å². The van der Waals surface area contributed by atoms with Crippen molar-refractivity contribution < 1.29 is 4.79 Å². The second-order valence-corrected chi connectivity index (χ2v) is 4.42. The molecule has 0 aliphatic heterocycles. The summed E-state index contributed by atoms with van der Waals surface area (Å²) in [5.74, 6) is 0. The minimum atomic E-state index is 0.548. The Bertz CT molecular complexity index is 746. The number of hydrogen-bond acceptors (Lipinski definition) is 2. The molecule has 84 valence electrons. The molecule has 0 amide bonds. The molecular weight excluding hydrogens is 236 g/mol. The van der Waals surface area contributed by atoms with Gasteiger partial charge >= 0.3 is 0 Å². The lowest BCUT2D eigenvalue weighted by Gasteiger charge is -2.07. The summed E-state index contributed by atoms with van der Waals surface area (Å²) in [6.45, 7) is 2.01. The van der Waals surface area contributed by atoms with E-state index in [1.54, 1.807) is 6.20 Å². The zero-order valence-corrected chi connectivity index (χ0v) is 9.90. The molecule has 3 aromatic rings. The van der Waals surface area contributed by atoms with Crippen molar-refractivity contribution in [3.8, 4) is 0 Å². The van der Waals surface area contributed by atoms with E-state index >= 15 is 0 Å². The number of aromatic nitrogens is 2. The summed E-state index contributed by atoms with van der Waals surface area (Å²) in [5, 5.41) is 1.72. The van der Waals surface area contributed by atoms with Gasteiger partial charge in [-0.1, -0.05) is 11.6 Å². The van der Waals surface area contributed by atoms with Gasteiger partial charge in [0, 0.05) is 10.4 Å². The second-order valence-electron chi connectivity index (χ2n) is 3.98. The molecule has 0 N–H and O–H groups in total. The lowest BCUT2D eigenvalue weighted by Crippen LogP contribution is -1.95. The van der Waals surface area contributed by atoms with Gasteiger partial charge in [0.05, 0.1) is 11.7 Å². The molecule has 17 heavy (non-hydrogen) atoms. The molecule has 0 spiro atoms. The van der Waals surface area contributed by atoms with E-state index in [0.29, 0.717) is 10.7 Å². The zero-order valence-electron chi connectivity index (χ0n) is 9.14. The summed E-state index contributed by atoms with van der Waals surface area (Å²) < 4.78 is 1.84. The monoisotopic (exact) mass is 244 g/mol. The van der Waals surface area contributed by atoms with Crippen molar-refractivity contribution in [1.29, 1.82) is 0 Å². The summed E-state index contributed by atoms with van der Waals surface area (Å²) in [6, 6.07) is 7.58. The number of aldehydes is 1. The molecule has 1 aromatic carbocycles. The molecule has 3 rings (SSSR count). The van der Waals surface area contributed by atoms with Crippen molar-refractivity contribution in [2.75, 3.05) is 0 Å². The summed E-state index contributed by atoms with van der Waals surface area (Å²) >= 11 is 6.00. The van der Waals surface area contributed by atoms with Crippen LogP contribution in [0.3, 0.4) is 0 Å². The highest BCUT2D eigenvalue weighted by Gasteiger charge is 2.08. The molecule has 2 aromatic heterocycles. The zero-order chi connectivity index (χ0) is 12.0. The van der Waals surface area contributed by atoms with Crippen molar-refractivity contribution in [3.05, 3.63) is 46.7 Å². The number of pyridine rings is 1. The number of carbonyl (C=O) groups excluding carboxylic acids is 1. The molecule has 0 fully saturated rings. The van der Waals surface area contributed by atoms with E-state index in [2.05, 4.69) is 4.98 Å². The SMILES string of the molecule is Cc1cc2ncc(C=O)n2c2ccc(Cl)cc12. The van der Waals surface area contributed by atoms with Crippen LogP contribution in [-0.4, -0.2) is 15.7 Å². The molecule has 0 bridgehead atoms. The molecule has 4 heteroatoms. The van der Waals surface area contributed by atoms with Crippen LogP contribution >= 0.6 is 11.6 Å². The number of fused-ring (bicyclic) bond motifs is 3. The molecular formula is C13H9ClN2O. The van der Waals surface area contributed by atoms with E-state index in [9.17, 15) is 4.79 Å². The number of nitrogens with zero attached hydrogens (tertiary/aromatic N) is 2. The van der Waals surface area contributed by atoms with E-state index in [-0.39, 0.29) is 0 Å². The molecule has 0 aliphatic carbocycles. The number of aryl methyl sites for hydroxylation is 1. The largest absolute Gasteiger partial charge is 0.296 e. The van der Waals surface area contributed by atoms with Gasteiger partial charge in [-0.05, 0) is 36.8 Å². The van der Waals surface area contributed by atoms with Gasteiger partial charge in [0.25, 0.3) is 0 Å². The Morgan fingerprint density at radius 1 is 1.35 bits per heavy atom. The highest BCUT2D eigenvalue weighted by atomic mass is 35.5. The Balaban J connectivity index is 2.60. The molecule has 3 nitrogen and oxygen atoms in total. The lowest BCUT2D eigenvalue weighted by molar-refractivity contribution is 0.111. The summed E-state index contributed by atoms with van der Waals surface area (Å²) in [5.41, 5.74) is 3.37. The van der Waals surface area contributed by atoms with Crippen molar-refractivity contribution in [2.24, 2.45) is 0 Å². The maximum absolute atomic E-state index is 11.0. The Kier molecular flexibility index (Phi) is 2.16. The standard InChI is InChI=1S/C13H9ClN2O/c1-8-4-13-15-6-10(7-17)16(13)12-3-2-9(14)5-11(8)12/h2-7H,1H3. The number of benzene rings is 1. The fourth-order valence-corrected chi connectivity index (χ4v) is 2.29. The number of imidazole rings is 1. The van der Waals surface area contributed by atoms with Crippen molar-refractivity contribution in [2.45, 2.75) is 6.92 Å². The van der Waals surface area contributed by atoms with Gasteiger partial charge in [-0.2, -0.15) is 0 Å². The molecule has 0 aliphatic rings. The Labute approximate surface area is 103 Å². The maximum Gasteiger partial charge on any atom is 0.168 e. The van der Waals surface area contributed by atoms with Gasteiger partial charge < -0.3 is 0 Å². The summed E-state index contributed by atoms with van der Waals surface area (Å²) in [4.78, 5) is 15.2. The van der Waals surface area contributed by atoms with Crippen molar-refractivity contribution in [1.82, 2.24) is 9.38 Å². The minimum Gasteiger partial charge on any atom is -0.296 e. The number of rotatable bonds is 1. The fourth-order valence-electron chi connectivity index (χ4n) is 2.12. The van der Waals surface area contributed by atoms with Crippen LogP contribution in [0.25, 0.3) is 16.6 Å². The first-order valence-corrected chi connectivity index (χ1v) is 5.60. The minimum absolute atomic E-state index is 0.548. The Hall–Kier alpha value is -1.87. The molecule has 0 radical (unpaired) electrons. The summed E-state index contributed by atoms with van der Waals surface area (Å²) in [7, 11) is 0. The fraction of sp³-hybridized carbons (Fsp3) is 0.0769. The first-order chi connectivity index (χ1) is 8.20. The smallest absolute Gasteiger partial charge is 0.168 e. The number of carbonyl (C=O) groups is 1. The van der Waals surface area contributed by atoms with Crippen LogP contribution in [0.5, 0.6) is 0 Å². The predicted molar refractivity (Wildman–Crippen MR) is 67.8 cm³/mol. The molecule has 0 unspecified atom stereocenters. The van der Waals surface area contributed by atoms with Gasteiger partial charge in [0.1, 0.15) is 11.3 Å². The van der Waals surface area contributed by atoms with Gasteiger partial charge in [-0.15, -0.1) is 0 Å². The van der Waals surface area contributed by atoms with E-state index in [4.69, 9.17) is 11.6 Å². The van der Waals surface area contributed by atoms with E-state index in [1.165, 1.54) is 0 Å². The van der Waals surface area contributed by atoms with Gasteiger partial charge in [-0.3, -0.25) is 9.20 Å². The topological polar surface area (TPSA) is 34.4 Å². The second kappa shape index (κ2) is 3.57. The van der Waals surface area contributed by atoms with Crippen molar-refractivity contribution in [3.63, 3.8) is 0 Å². The third-order valence-electron chi connectivity index (χ3n) is 2.91. The van der Waals surface area contributed by atoms with E-state index in [0.717, 1.165) is 28.4 Å². The van der Waals surface area contributed by atoms with Crippen LogP contribution in [-0.2, 0) is 0 Å². The molecule has 0 saturated carbocycles. The van der Waals surface area contributed by atoms with Crippen LogP contribution in [0.1, 0.15) is 16.1 Å². The third-order valence-corrected chi connectivity index (χ3v) is 3.14. The molecule has 2 heterocycles. The first-order valence-electron chi connectivity index (χ1n) is 5.22. The third kappa shape index (κ3) is 1.43. The molecule has 0 atom stereocenters. The lowest BCUT2D eigenvalue weighted by atomic mass is 10.1. The Morgan fingerprint density at radius 3 is 2.94 bits per heavy atom. The average molecular weight is 245 g/mol. The van der Waals surface area contributed by atoms with Crippen LogP contribution in [0.2, 0.25) is 5.02 Å². The quantitative estimate of drug-likeness (QED) is 0.616.